The van der Waals surface area contributed by atoms with E-state index in [2.05, 4.69) is 5.10 Å². The van der Waals surface area contributed by atoms with Crippen molar-refractivity contribution in [3.8, 4) is 0 Å². The highest BCUT2D eigenvalue weighted by Crippen LogP contribution is 2.39. The molecule has 29 heavy (non-hydrogen) atoms. The van der Waals surface area contributed by atoms with Crippen molar-refractivity contribution >= 4 is 23.6 Å². The van der Waals surface area contributed by atoms with Crippen molar-refractivity contribution in [2.24, 2.45) is 0 Å². The summed E-state index contributed by atoms with van der Waals surface area (Å²) in [7, 11) is 0. The van der Waals surface area contributed by atoms with Crippen LogP contribution in [0.5, 0.6) is 0 Å². The molecule has 5 rings (SSSR count). The molecule has 2 aromatic rings. The molecule has 1 saturated heterocycles. The molecule has 2 aliphatic heterocycles. The van der Waals surface area contributed by atoms with Crippen molar-refractivity contribution in [1.82, 2.24) is 19.6 Å². The first-order chi connectivity index (χ1) is 14.0. The predicted molar refractivity (Wildman–Crippen MR) is 107 cm³/mol. The van der Waals surface area contributed by atoms with Gasteiger partial charge in [-0.25, -0.2) is 4.79 Å². The summed E-state index contributed by atoms with van der Waals surface area (Å²) in [5.41, 5.74) is 3.71. The summed E-state index contributed by atoms with van der Waals surface area (Å²) in [4.78, 5) is 28.1. The maximum Gasteiger partial charge on any atom is 0.407 e. The molecular formula is C21H23ClN4O3. The van der Waals surface area contributed by atoms with E-state index < -0.39 is 6.09 Å². The van der Waals surface area contributed by atoms with Gasteiger partial charge in [0.15, 0.2) is 0 Å². The molecule has 0 bridgehead atoms. The lowest BCUT2D eigenvalue weighted by molar-refractivity contribution is 0.0732. The Balaban J connectivity index is 1.44. The molecule has 1 aromatic heterocycles. The minimum absolute atomic E-state index is 0.0232. The van der Waals surface area contributed by atoms with Gasteiger partial charge in [-0.1, -0.05) is 11.6 Å². The highest BCUT2D eigenvalue weighted by Gasteiger charge is 2.34. The fraction of sp³-hybridized carbons (Fsp3) is 0.476. The maximum atomic E-state index is 13.1. The van der Waals surface area contributed by atoms with Gasteiger partial charge in [0.25, 0.3) is 5.91 Å². The summed E-state index contributed by atoms with van der Waals surface area (Å²) in [6.07, 6.45) is 7.17. The smallest absolute Gasteiger partial charge is 0.407 e. The molecule has 0 radical (unpaired) electrons. The molecule has 2 amide bonds. The summed E-state index contributed by atoms with van der Waals surface area (Å²) in [5.74, 6) is -0.0232. The summed E-state index contributed by atoms with van der Waals surface area (Å²) < 4.78 is 1.89. The standard InChI is InChI=1S/C21H23ClN4O3/c22-15-8-13-5-7-24(20(27)14-10-23-26(11-14)16-3-4-16)12-18(13)17(9-15)19-2-1-6-25(19)21(28)29/h8-11,16,19H,1-7,12H2,(H,28,29). The average molecular weight is 415 g/mol. The molecule has 2 fully saturated rings. The third kappa shape index (κ3) is 3.37. The molecule has 1 aromatic carbocycles. The molecule has 7 nitrogen and oxygen atoms in total. The number of halogens is 1. The van der Waals surface area contributed by atoms with Crippen molar-refractivity contribution in [2.75, 3.05) is 13.1 Å². The van der Waals surface area contributed by atoms with Gasteiger partial charge in [-0.3, -0.25) is 9.48 Å². The van der Waals surface area contributed by atoms with Gasteiger partial charge < -0.3 is 14.9 Å². The lowest BCUT2D eigenvalue weighted by Crippen LogP contribution is -2.37. The number of rotatable bonds is 3. The van der Waals surface area contributed by atoms with E-state index in [1.54, 1.807) is 6.20 Å². The Morgan fingerprint density at radius 1 is 1.17 bits per heavy atom. The Bertz CT molecular complexity index is 984. The van der Waals surface area contributed by atoms with E-state index >= 15 is 0 Å². The van der Waals surface area contributed by atoms with Gasteiger partial charge in [-0.2, -0.15) is 5.10 Å². The van der Waals surface area contributed by atoms with E-state index in [0.29, 0.717) is 42.7 Å². The van der Waals surface area contributed by atoms with Crippen LogP contribution in [0.15, 0.2) is 24.5 Å². The van der Waals surface area contributed by atoms with Crippen LogP contribution in [0.2, 0.25) is 5.02 Å². The summed E-state index contributed by atoms with van der Waals surface area (Å²) in [6, 6.07) is 4.07. The minimum Gasteiger partial charge on any atom is -0.465 e. The zero-order valence-corrected chi connectivity index (χ0v) is 16.8. The quantitative estimate of drug-likeness (QED) is 0.826. The molecular weight excluding hydrogens is 392 g/mol. The van der Waals surface area contributed by atoms with Crippen LogP contribution in [0, 0.1) is 0 Å². The summed E-state index contributed by atoms with van der Waals surface area (Å²) in [5, 5.41) is 14.5. The highest BCUT2D eigenvalue weighted by molar-refractivity contribution is 6.30. The van der Waals surface area contributed by atoms with Gasteiger partial charge in [-0.05, 0) is 60.9 Å². The number of aromatic nitrogens is 2. The number of fused-ring (bicyclic) bond motifs is 1. The van der Waals surface area contributed by atoms with E-state index in [1.165, 1.54) is 4.90 Å². The van der Waals surface area contributed by atoms with Crippen LogP contribution in [0.3, 0.4) is 0 Å². The van der Waals surface area contributed by atoms with Crippen molar-refractivity contribution in [3.63, 3.8) is 0 Å². The second-order valence-electron chi connectivity index (χ2n) is 8.18. The largest absolute Gasteiger partial charge is 0.465 e. The number of hydrogen-bond donors (Lipinski definition) is 1. The van der Waals surface area contributed by atoms with Crippen molar-refractivity contribution < 1.29 is 14.7 Å². The molecule has 152 valence electrons. The number of benzene rings is 1. The lowest BCUT2D eigenvalue weighted by atomic mass is 9.90. The number of nitrogens with zero attached hydrogens (tertiary/aromatic N) is 4. The Hall–Kier alpha value is -2.54. The minimum atomic E-state index is -0.905. The number of carboxylic acid groups (broad SMARTS) is 1. The zero-order chi connectivity index (χ0) is 20.1. The predicted octanol–water partition coefficient (Wildman–Crippen LogP) is 3.88. The van der Waals surface area contributed by atoms with E-state index in [-0.39, 0.29) is 11.9 Å². The van der Waals surface area contributed by atoms with E-state index in [9.17, 15) is 14.7 Å². The molecule has 0 spiro atoms. The third-order valence-electron chi connectivity index (χ3n) is 6.26. The van der Waals surface area contributed by atoms with Gasteiger partial charge in [0.1, 0.15) is 0 Å². The van der Waals surface area contributed by atoms with Crippen LogP contribution >= 0.6 is 11.6 Å². The first-order valence-electron chi connectivity index (χ1n) is 10.2. The molecule has 1 saturated carbocycles. The first kappa shape index (κ1) is 18.5. The third-order valence-corrected chi connectivity index (χ3v) is 6.47. The Morgan fingerprint density at radius 2 is 2.00 bits per heavy atom. The van der Waals surface area contributed by atoms with Gasteiger partial charge in [-0.15, -0.1) is 0 Å². The highest BCUT2D eigenvalue weighted by atomic mass is 35.5. The zero-order valence-electron chi connectivity index (χ0n) is 16.1. The van der Waals surface area contributed by atoms with Gasteiger partial charge >= 0.3 is 6.09 Å². The van der Waals surface area contributed by atoms with E-state index in [4.69, 9.17) is 11.6 Å². The first-order valence-corrected chi connectivity index (χ1v) is 10.5. The lowest BCUT2D eigenvalue weighted by Gasteiger charge is -2.33. The summed E-state index contributed by atoms with van der Waals surface area (Å²) in [6.45, 7) is 1.62. The van der Waals surface area contributed by atoms with Crippen molar-refractivity contribution in [3.05, 3.63) is 51.8 Å². The molecule has 3 aliphatic rings. The molecule has 1 unspecified atom stereocenters. The average Bonchev–Trinajstić information content (AvgIpc) is 3.24. The second-order valence-corrected chi connectivity index (χ2v) is 8.62. The fourth-order valence-corrected chi connectivity index (χ4v) is 4.87. The van der Waals surface area contributed by atoms with Crippen LogP contribution in [-0.2, 0) is 13.0 Å². The maximum absolute atomic E-state index is 13.1. The molecule has 8 heteroatoms. The SMILES string of the molecule is O=C(c1cnn(C2CC2)c1)N1CCc2cc(Cl)cc(C3CCCN3C(=O)O)c2C1. The second kappa shape index (κ2) is 7.06. The number of hydrogen-bond acceptors (Lipinski definition) is 3. The monoisotopic (exact) mass is 414 g/mol. The molecule has 1 atom stereocenters. The topological polar surface area (TPSA) is 78.7 Å². The number of amides is 2. The van der Waals surface area contributed by atoms with Crippen molar-refractivity contribution in [1.29, 1.82) is 0 Å². The van der Waals surface area contributed by atoms with Gasteiger partial charge in [0.05, 0.1) is 23.8 Å². The van der Waals surface area contributed by atoms with Crippen LogP contribution in [0.1, 0.15) is 64.8 Å². The molecule has 1 aliphatic carbocycles. The number of carbonyl (C=O) groups is 2. The molecule has 1 N–H and O–H groups in total. The van der Waals surface area contributed by atoms with Crippen molar-refractivity contribution in [2.45, 2.75) is 50.7 Å². The van der Waals surface area contributed by atoms with E-state index in [0.717, 1.165) is 42.4 Å². The van der Waals surface area contributed by atoms with Gasteiger partial charge in [0, 0.05) is 30.9 Å². The van der Waals surface area contributed by atoms with E-state index in [1.807, 2.05) is 27.9 Å². The Kier molecular flexibility index (Phi) is 4.50. The van der Waals surface area contributed by atoms with Crippen LogP contribution in [-0.4, -0.2) is 49.8 Å². The van der Waals surface area contributed by atoms with Crippen LogP contribution < -0.4 is 0 Å². The van der Waals surface area contributed by atoms with Gasteiger partial charge in [0.2, 0.25) is 0 Å². The number of carbonyl (C=O) groups excluding carboxylic acids is 1. The molecule has 3 heterocycles. The fourth-order valence-electron chi connectivity index (χ4n) is 4.62. The summed E-state index contributed by atoms with van der Waals surface area (Å²) >= 11 is 6.36. The Morgan fingerprint density at radius 3 is 2.76 bits per heavy atom. The van der Waals surface area contributed by atoms with Crippen LogP contribution in [0.25, 0.3) is 0 Å². The number of likely N-dealkylation sites (tertiary alicyclic amines) is 1. The Labute approximate surface area is 173 Å². The normalized spacial score (nSPS) is 21.3. The van der Waals surface area contributed by atoms with Crippen LogP contribution in [0.4, 0.5) is 4.79 Å².